The molecular weight excluding hydrogens is 226 g/mol. The molecule has 4 heteroatoms. The summed E-state index contributed by atoms with van der Waals surface area (Å²) >= 11 is 0. The van der Waals surface area contributed by atoms with Crippen molar-refractivity contribution in [3.05, 3.63) is 30.3 Å². The summed E-state index contributed by atoms with van der Waals surface area (Å²) in [5, 5.41) is 9.16. The molecule has 0 aromatic heterocycles. The Bertz CT molecular complexity index is 385. The van der Waals surface area contributed by atoms with Gasteiger partial charge in [0.05, 0.1) is 0 Å². The molecule has 1 saturated heterocycles. The van der Waals surface area contributed by atoms with Crippen molar-refractivity contribution >= 4 is 11.7 Å². The Labute approximate surface area is 108 Å². The summed E-state index contributed by atoms with van der Waals surface area (Å²) in [7, 11) is 0. The quantitative estimate of drug-likeness (QED) is 0.767. The Balaban J connectivity index is 1.78. The molecule has 1 aromatic rings. The van der Waals surface area contributed by atoms with Gasteiger partial charge in [-0.25, -0.2) is 4.79 Å². The molecule has 98 valence electrons. The third-order valence-corrected chi connectivity index (χ3v) is 3.39. The Kier molecular flexibility index (Phi) is 4.20. The number of piperidine rings is 1. The van der Waals surface area contributed by atoms with Crippen molar-refractivity contribution in [3.63, 3.8) is 0 Å². The molecule has 0 spiro atoms. The highest BCUT2D eigenvalue weighted by Crippen LogP contribution is 2.24. The van der Waals surface area contributed by atoms with Crippen LogP contribution >= 0.6 is 0 Å². The van der Waals surface area contributed by atoms with E-state index in [9.17, 15) is 4.79 Å². The molecule has 0 bridgehead atoms. The SMILES string of the molecule is CC1(CNC(=O)Nc2ccccc2)CCCNC1. The van der Waals surface area contributed by atoms with Crippen molar-refractivity contribution in [1.82, 2.24) is 10.6 Å². The first-order chi connectivity index (χ1) is 8.68. The van der Waals surface area contributed by atoms with Crippen LogP contribution in [0.2, 0.25) is 0 Å². The van der Waals surface area contributed by atoms with Gasteiger partial charge in [0.1, 0.15) is 0 Å². The fourth-order valence-corrected chi connectivity index (χ4v) is 2.26. The molecule has 1 atom stereocenters. The summed E-state index contributed by atoms with van der Waals surface area (Å²) < 4.78 is 0. The zero-order valence-electron chi connectivity index (χ0n) is 10.8. The molecule has 1 unspecified atom stereocenters. The molecule has 4 nitrogen and oxygen atoms in total. The number of carbonyl (C=O) groups is 1. The molecule has 1 aromatic carbocycles. The van der Waals surface area contributed by atoms with Crippen LogP contribution in [0.4, 0.5) is 10.5 Å². The second-order valence-electron chi connectivity index (χ2n) is 5.26. The van der Waals surface area contributed by atoms with Crippen LogP contribution in [0.25, 0.3) is 0 Å². The maximum atomic E-state index is 11.8. The minimum Gasteiger partial charge on any atom is -0.337 e. The highest BCUT2D eigenvalue weighted by Gasteiger charge is 2.26. The number of hydrogen-bond donors (Lipinski definition) is 3. The molecule has 18 heavy (non-hydrogen) atoms. The van der Waals surface area contributed by atoms with Gasteiger partial charge in [-0.15, -0.1) is 0 Å². The zero-order valence-corrected chi connectivity index (χ0v) is 10.8. The third-order valence-electron chi connectivity index (χ3n) is 3.39. The van der Waals surface area contributed by atoms with E-state index in [0.29, 0.717) is 6.54 Å². The summed E-state index contributed by atoms with van der Waals surface area (Å²) in [4.78, 5) is 11.8. The van der Waals surface area contributed by atoms with Gasteiger partial charge in [-0.1, -0.05) is 25.1 Å². The second-order valence-corrected chi connectivity index (χ2v) is 5.26. The summed E-state index contributed by atoms with van der Waals surface area (Å²) in [6.45, 7) is 4.98. The summed E-state index contributed by atoms with van der Waals surface area (Å²) in [5.41, 5.74) is 0.994. The Hall–Kier alpha value is -1.55. The van der Waals surface area contributed by atoms with Crippen LogP contribution in [0.5, 0.6) is 0 Å². The van der Waals surface area contributed by atoms with E-state index in [1.807, 2.05) is 30.3 Å². The van der Waals surface area contributed by atoms with Crippen LogP contribution in [-0.4, -0.2) is 25.7 Å². The lowest BCUT2D eigenvalue weighted by atomic mass is 9.83. The van der Waals surface area contributed by atoms with Crippen LogP contribution < -0.4 is 16.0 Å². The maximum absolute atomic E-state index is 11.8. The van der Waals surface area contributed by atoms with E-state index in [-0.39, 0.29) is 11.4 Å². The molecule has 1 aliphatic rings. The summed E-state index contributed by atoms with van der Waals surface area (Å²) in [6, 6.07) is 9.36. The lowest BCUT2D eigenvalue weighted by molar-refractivity contribution is 0.217. The number of anilines is 1. The first-order valence-corrected chi connectivity index (χ1v) is 6.49. The van der Waals surface area contributed by atoms with Crippen molar-refractivity contribution < 1.29 is 4.79 Å². The molecule has 2 rings (SSSR count). The van der Waals surface area contributed by atoms with Gasteiger partial charge >= 0.3 is 6.03 Å². The van der Waals surface area contributed by atoms with Gasteiger partial charge in [-0.3, -0.25) is 0 Å². The topological polar surface area (TPSA) is 53.2 Å². The lowest BCUT2D eigenvalue weighted by Gasteiger charge is -2.34. The molecule has 0 radical (unpaired) electrons. The van der Waals surface area contributed by atoms with E-state index < -0.39 is 0 Å². The van der Waals surface area contributed by atoms with Crippen LogP contribution in [-0.2, 0) is 0 Å². The third kappa shape index (κ3) is 3.74. The van der Waals surface area contributed by atoms with Crippen molar-refractivity contribution in [2.45, 2.75) is 19.8 Å². The molecule has 0 aliphatic carbocycles. The van der Waals surface area contributed by atoms with Gasteiger partial charge in [-0.2, -0.15) is 0 Å². The number of carbonyl (C=O) groups excluding carboxylic acids is 1. The van der Waals surface area contributed by atoms with Crippen LogP contribution in [0.3, 0.4) is 0 Å². The van der Waals surface area contributed by atoms with Crippen molar-refractivity contribution in [1.29, 1.82) is 0 Å². The number of urea groups is 1. The Morgan fingerprint density at radius 3 is 2.83 bits per heavy atom. The number of hydrogen-bond acceptors (Lipinski definition) is 2. The van der Waals surface area contributed by atoms with E-state index in [0.717, 1.165) is 25.2 Å². The smallest absolute Gasteiger partial charge is 0.319 e. The van der Waals surface area contributed by atoms with Gasteiger partial charge < -0.3 is 16.0 Å². The molecular formula is C14H21N3O. The molecule has 0 saturated carbocycles. The van der Waals surface area contributed by atoms with Gasteiger partial charge in [0.15, 0.2) is 0 Å². The number of benzene rings is 1. The largest absolute Gasteiger partial charge is 0.337 e. The van der Waals surface area contributed by atoms with E-state index in [4.69, 9.17) is 0 Å². The van der Waals surface area contributed by atoms with Gasteiger partial charge in [0.2, 0.25) is 0 Å². The molecule has 1 heterocycles. The number of rotatable bonds is 3. The molecule has 3 N–H and O–H groups in total. The van der Waals surface area contributed by atoms with Crippen molar-refractivity contribution in [3.8, 4) is 0 Å². The fraction of sp³-hybridized carbons (Fsp3) is 0.500. The fourth-order valence-electron chi connectivity index (χ4n) is 2.26. The average Bonchev–Trinajstić information content (AvgIpc) is 2.39. The monoisotopic (exact) mass is 247 g/mol. The minimum absolute atomic E-state index is 0.131. The predicted octanol–water partition coefficient (Wildman–Crippen LogP) is 2.20. The van der Waals surface area contributed by atoms with E-state index in [2.05, 4.69) is 22.9 Å². The average molecular weight is 247 g/mol. The highest BCUT2D eigenvalue weighted by atomic mass is 16.2. The molecule has 1 fully saturated rings. The van der Waals surface area contributed by atoms with E-state index in [1.165, 1.54) is 6.42 Å². The second kappa shape index (κ2) is 5.87. The van der Waals surface area contributed by atoms with Gasteiger partial charge in [-0.05, 0) is 36.9 Å². The molecule has 2 amide bonds. The van der Waals surface area contributed by atoms with Crippen molar-refractivity contribution in [2.75, 3.05) is 25.0 Å². The van der Waals surface area contributed by atoms with Crippen LogP contribution in [0.1, 0.15) is 19.8 Å². The van der Waals surface area contributed by atoms with Crippen LogP contribution in [0, 0.1) is 5.41 Å². The summed E-state index contributed by atoms with van der Waals surface area (Å²) in [5.74, 6) is 0. The first-order valence-electron chi connectivity index (χ1n) is 6.49. The normalized spacial score (nSPS) is 23.4. The zero-order chi connectivity index (χ0) is 12.8. The predicted molar refractivity (Wildman–Crippen MR) is 73.7 cm³/mol. The standard InChI is InChI=1S/C14H21N3O/c1-14(8-5-9-15-10-14)11-16-13(18)17-12-6-3-2-4-7-12/h2-4,6-7,15H,5,8-11H2,1H3,(H2,16,17,18). The van der Waals surface area contributed by atoms with E-state index >= 15 is 0 Å². The number of para-hydroxylation sites is 1. The lowest BCUT2D eigenvalue weighted by Crippen LogP contribution is -2.46. The summed E-state index contributed by atoms with van der Waals surface area (Å²) in [6.07, 6.45) is 2.34. The van der Waals surface area contributed by atoms with Crippen LogP contribution in [0.15, 0.2) is 30.3 Å². The Morgan fingerprint density at radius 2 is 2.17 bits per heavy atom. The first kappa shape index (κ1) is 12.9. The van der Waals surface area contributed by atoms with Gasteiger partial charge in [0.25, 0.3) is 0 Å². The number of amides is 2. The molecule has 1 aliphatic heterocycles. The van der Waals surface area contributed by atoms with E-state index in [1.54, 1.807) is 0 Å². The van der Waals surface area contributed by atoms with Gasteiger partial charge in [0, 0.05) is 18.8 Å². The number of nitrogens with one attached hydrogen (secondary N) is 3. The van der Waals surface area contributed by atoms with Crippen molar-refractivity contribution in [2.24, 2.45) is 5.41 Å². The maximum Gasteiger partial charge on any atom is 0.319 e. The minimum atomic E-state index is -0.131. The Morgan fingerprint density at radius 1 is 1.39 bits per heavy atom. The highest BCUT2D eigenvalue weighted by molar-refractivity contribution is 5.89.